The molecular weight excluding hydrogens is 206 g/mol. The van der Waals surface area contributed by atoms with E-state index in [9.17, 15) is 0 Å². The molecule has 0 atom stereocenters. The van der Waals surface area contributed by atoms with Crippen LogP contribution in [0.5, 0.6) is 0 Å². The molecule has 0 heterocycles. The van der Waals surface area contributed by atoms with E-state index in [2.05, 4.69) is 20.8 Å². The van der Waals surface area contributed by atoms with Crippen molar-refractivity contribution in [3.8, 4) is 0 Å². The highest BCUT2D eigenvalue weighted by Crippen LogP contribution is 2.45. The Labute approximate surface area is 108 Å². The van der Waals surface area contributed by atoms with Gasteiger partial charge in [0.1, 0.15) is 0 Å². The first-order valence-electron chi connectivity index (χ1n) is 7.71. The molecule has 2 fully saturated rings. The smallest absolute Gasteiger partial charge is 0.0183 e. The summed E-state index contributed by atoms with van der Waals surface area (Å²) in [7, 11) is 0. The molecule has 0 saturated heterocycles. The number of hydrogen-bond donors (Lipinski definition) is 1. The molecule has 2 N–H and O–H groups in total. The molecule has 17 heavy (non-hydrogen) atoms. The summed E-state index contributed by atoms with van der Waals surface area (Å²) < 4.78 is 0. The van der Waals surface area contributed by atoms with Crippen LogP contribution in [0.25, 0.3) is 0 Å². The van der Waals surface area contributed by atoms with Gasteiger partial charge in [-0.3, -0.25) is 0 Å². The minimum Gasteiger partial charge on any atom is -0.325 e. The molecule has 2 aliphatic carbocycles. The van der Waals surface area contributed by atoms with Gasteiger partial charge in [0.15, 0.2) is 0 Å². The molecule has 0 aromatic rings. The van der Waals surface area contributed by atoms with Gasteiger partial charge in [0.2, 0.25) is 0 Å². The van der Waals surface area contributed by atoms with Gasteiger partial charge in [-0.1, -0.05) is 40.0 Å². The van der Waals surface area contributed by atoms with Crippen LogP contribution in [0.4, 0.5) is 0 Å². The van der Waals surface area contributed by atoms with Crippen LogP contribution in [0.2, 0.25) is 0 Å². The third kappa shape index (κ3) is 3.05. The molecule has 0 radical (unpaired) electrons. The first-order chi connectivity index (χ1) is 7.92. The lowest BCUT2D eigenvalue weighted by Crippen LogP contribution is -2.51. The average molecular weight is 237 g/mol. The summed E-state index contributed by atoms with van der Waals surface area (Å²) in [5.74, 6) is 1.72. The highest BCUT2D eigenvalue weighted by molar-refractivity contribution is 4.97. The quantitative estimate of drug-likeness (QED) is 0.714. The van der Waals surface area contributed by atoms with E-state index in [0.29, 0.717) is 5.41 Å². The molecule has 2 saturated carbocycles. The Hall–Kier alpha value is -0.0400. The maximum absolute atomic E-state index is 6.74. The minimum absolute atomic E-state index is 0.197. The highest BCUT2D eigenvalue weighted by Gasteiger charge is 2.41. The fourth-order valence-electron chi connectivity index (χ4n) is 4.11. The topological polar surface area (TPSA) is 26.0 Å². The van der Waals surface area contributed by atoms with Crippen molar-refractivity contribution in [1.82, 2.24) is 0 Å². The van der Waals surface area contributed by atoms with Crippen molar-refractivity contribution in [3.05, 3.63) is 0 Å². The van der Waals surface area contributed by atoms with E-state index < -0.39 is 0 Å². The largest absolute Gasteiger partial charge is 0.325 e. The zero-order chi connectivity index (χ0) is 12.5. The van der Waals surface area contributed by atoms with E-state index in [0.717, 1.165) is 11.8 Å². The van der Waals surface area contributed by atoms with Crippen LogP contribution in [-0.2, 0) is 0 Å². The molecule has 0 aromatic carbocycles. The Morgan fingerprint density at radius 3 is 1.88 bits per heavy atom. The fraction of sp³-hybridized carbons (Fsp3) is 1.00. The molecule has 1 nitrogen and oxygen atoms in total. The highest BCUT2D eigenvalue weighted by atomic mass is 14.8. The minimum atomic E-state index is 0.197. The van der Waals surface area contributed by atoms with Crippen molar-refractivity contribution in [2.24, 2.45) is 23.0 Å². The van der Waals surface area contributed by atoms with E-state index >= 15 is 0 Å². The maximum atomic E-state index is 6.74. The summed E-state index contributed by atoms with van der Waals surface area (Å²) in [4.78, 5) is 0. The Kier molecular flexibility index (Phi) is 3.87. The lowest BCUT2D eigenvalue weighted by Gasteiger charge is -2.47. The van der Waals surface area contributed by atoms with Gasteiger partial charge in [-0.15, -0.1) is 0 Å². The van der Waals surface area contributed by atoms with Crippen LogP contribution in [0.1, 0.15) is 78.6 Å². The normalized spacial score (nSPS) is 37.1. The van der Waals surface area contributed by atoms with Crippen molar-refractivity contribution >= 4 is 0 Å². The molecule has 0 unspecified atom stereocenters. The third-order valence-electron chi connectivity index (χ3n) is 5.56. The van der Waals surface area contributed by atoms with Crippen molar-refractivity contribution in [3.63, 3.8) is 0 Å². The molecular formula is C16H31N. The van der Waals surface area contributed by atoms with Crippen molar-refractivity contribution in [2.45, 2.75) is 84.1 Å². The predicted molar refractivity (Wildman–Crippen MR) is 74.9 cm³/mol. The summed E-state index contributed by atoms with van der Waals surface area (Å²) >= 11 is 0. The Morgan fingerprint density at radius 2 is 1.41 bits per heavy atom. The van der Waals surface area contributed by atoms with E-state index in [4.69, 9.17) is 5.73 Å². The number of rotatable bonds is 1. The second kappa shape index (κ2) is 4.91. The molecule has 100 valence electrons. The Balaban J connectivity index is 1.92. The monoisotopic (exact) mass is 237 g/mol. The number of hydrogen-bond acceptors (Lipinski definition) is 1. The SMILES string of the molecule is CC(C)(C)C1CCC(N)(C2CCCCC2)CC1. The van der Waals surface area contributed by atoms with Crippen LogP contribution >= 0.6 is 0 Å². The van der Waals surface area contributed by atoms with E-state index in [1.54, 1.807) is 0 Å². The standard InChI is InChI=1S/C16H31N/c1-15(2,3)13-9-11-16(17,12-10-13)14-7-5-4-6-8-14/h13-14H,4-12,17H2,1-3H3. The Morgan fingerprint density at radius 1 is 0.882 bits per heavy atom. The molecule has 0 aromatic heterocycles. The maximum Gasteiger partial charge on any atom is 0.0183 e. The van der Waals surface area contributed by atoms with E-state index in [1.165, 1.54) is 57.8 Å². The summed E-state index contributed by atoms with van der Waals surface area (Å²) in [5, 5.41) is 0. The second-order valence-electron chi connectivity index (χ2n) is 7.71. The van der Waals surface area contributed by atoms with Crippen LogP contribution in [0, 0.1) is 17.3 Å². The zero-order valence-electron chi connectivity index (χ0n) is 12.1. The summed E-state index contributed by atoms with van der Waals surface area (Å²) in [6.07, 6.45) is 12.4. The van der Waals surface area contributed by atoms with Crippen molar-refractivity contribution in [1.29, 1.82) is 0 Å². The van der Waals surface area contributed by atoms with Gasteiger partial charge in [-0.2, -0.15) is 0 Å². The van der Waals surface area contributed by atoms with E-state index in [-0.39, 0.29) is 5.54 Å². The van der Waals surface area contributed by atoms with Gasteiger partial charge in [0, 0.05) is 5.54 Å². The van der Waals surface area contributed by atoms with Gasteiger partial charge < -0.3 is 5.73 Å². The van der Waals surface area contributed by atoms with Crippen molar-refractivity contribution in [2.75, 3.05) is 0 Å². The van der Waals surface area contributed by atoms with Gasteiger partial charge in [0.05, 0.1) is 0 Å². The van der Waals surface area contributed by atoms with Crippen LogP contribution in [0.15, 0.2) is 0 Å². The summed E-state index contributed by atoms with van der Waals surface area (Å²) in [5.41, 5.74) is 7.42. The molecule has 2 rings (SSSR count). The van der Waals surface area contributed by atoms with Crippen LogP contribution < -0.4 is 5.73 Å². The number of nitrogens with two attached hydrogens (primary N) is 1. The molecule has 0 spiro atoms. The van der Waals surface area contributed by atoms with Gasteiger partial charge >= 0.3 is 0 Å². The molecule has 2 aliphatic rings. The molecule has 0 bridgehead atoms. The van der Waals surface area contributed by atoms with E-state index in [1.807, 2.05) is 0 Å². The summed E-state index contributed by atoms with van der Waals surface area (Å²) in [6.45, 7) is 7.17. The van der Waals surface area contributed by atoms with Crippen LogP contribution in [-0.4, -0.2) is 5.54 Å². The summed E-state index contributed by atoms with van der Waals surface area (Å²) in [6, 6.07) is 0. The lowest BCUT2D eigenvalue weighted by atomic mass is 9.62. The van der Waals surface area contributed by atoms with Gasteiger partial charge in [0.25, 0.3) is 0 Å². The first kappa shape index (κ1) is 13.4. The average Bonchev–Trinajstić information content (AvgIpc) is 2.29. The predicted octanol–water partition coefficient (Wildman–Crippen LogP) is 4.50. The van der Waals surface area contributed by atoms with Crippen LogP contribution in [0.3, 0.4) is 0 Å². The van der Waals surface area contributed by atoms with Crippen molar-refractivity contribution < 1.29 is 0 Å². The fourth-order valence-corrected chi connectivity index (χ4v) is 4.11. The zero-order valence-corrected chi connectivity index (χ0v) is 12.1. The lowest BCUT2D eigenvalue weighted by molar-refractivity contribution is 0.0858. The third-order valence-corrected chi connectivity index (χ3v) is 5.56. The second-order valence-corrected chi connectivity index (χ2v) is 7.71. The molecule has 1 heteroatoms. The Bertz CT molecular complexity index is 237. The molecule has 0 amide bonds. The first-order valence-corrected chi connectivity index (χ1v) is 7.71. The van der Waals surface area contributed by atoms with Gasteiger partial charge in [-0.05, 0) is 55.8 Å². The molecule has 0 aliphatic heterocycles. The van der Waals surface area contributed by atoms with Gasteiger partial charge in [-0.25, -0.2) is 0 Å².